The van der Waals surface area contributed by atoms with E-state index in [-0.39, 0.29) is 11.3 Å². The first-order chi connectivity index (χ1) is 10.3. The van der Waals surface area contributed by atoms with Gasteiger partial charge in [-0.1, -0.05) is 24.3 Å². The van der Waals surface area contributed by atoms with Gasteiger partial charge >= 0.3 is 0 Å². The van der Waals surface area contributed by atoms with E-state index in [1.807, 2.05) is 29.2 Å². The maximum atomic E-state index is 12.2. The van der Waals surface area contributed by atoms with E-state index in [0.29, 0.717) is 5.75 Å². The molecule has 3 nitrogen and oxygen atoms in total. The smallest absolute Gasteiger partial charge is 0.233 e. The summed E-state index contributed by atoms with van der Waals surface area (Å²) in [4.78, 5) is 15.5. The zero-order chi connectivity index (χ0) is 14.7. The van der Waals surface area contributed by atoms with Crippen molar-refractivity contribution in [2.75, 3.05) is 19.4 Å². The van der Waals surface area contributed by atoms with Crippen LogP contribution in [0.1, 0.15) is 15.8 Å². The van der Waals surface area contributed by atoms with Crippen LogP contribution in [0.25, 0.3) is 0 Å². The highest BCUT2D eigenvalue weighted by atomic mass is 32.2. The van der Waals surface area contributed by atoms with Crippen LogP contribution in [0, 0.1) is 0 Å². The Morgan fingerprint density at radius 2 is 2.14 bits per heavy atom. The first-order valence-electron chi connectivity index (χ1n) is 6.86. The number of nitrogens with zero attached hydrogens (tertiary/aromatic N) is 1. The molecule has 0 radical (unpaired) electrons. The first-order valence-corrected chi connectivity index (χ1v) is 8.79. The highest BCUT2D eigenvalue weighted by Crippen LogP contribution is 2.42. The third-order valence-corrected chi connectivity index (χ3v) is 5.73. The molecule has 0 aliphatic carbocycles. The van der Waals surface area contributed by atoms with Crippen LogP contribution in [-0.4, -0.2) is 30.2 Å². The lowest BCUT2D eigenvalue weighted by Gasteiger charge is -2.25. The lowest BCUT2D eigenvalue weighted by Crippen LogP contribution is -2.30. The predicted molar refractivity (Wildman–Crippen MR) is 87.9 cm³/mol. The summed E-state index contributed by atoms with van der Waals surface area (Å²) in [7, 11) is 1.68. The molecule has 1 saturated heterocycles. The number of methoxy groups -OCH3 is 1. The van der Waals surface area contributed by atoms with E-state index in [4.69, 9.17) is 4.74 Å². The second kappa shape index (κ2) is 6.54. The maximum Gasteiger partial charge on any atom is 0.233 e. The average molecular weight is 319 g/mol. The van der Waals surface area contributed by atoms with Gasteiger partial charge in [0, 0.05) is 17.0 Å². The van der Waals surface area contributed by atoms with E-state index < -0.39 is 0 Å². The van der Waals surface area contributed by atoms with Gasteiger partial charge in [0.25, 0.3) is 0 Å². The second-order valence-corrected chi connectivity index (χ2v) is 6.92. The van der Waals surface area contributed by atoms with Gasteiger partial charge in [-0.15, -0.1) is 23.1 Å². The Morgan fingerprint density at radius 1 is 1.29 bits per heavy atom. The number of para-hydroxylation sites is 1. The molecule has 2 heterocycles. The molecule has 0 spiro atoms. The Balaban J connectivity index is 1.78. The van der Waals surface area contributed by atoms with Crippen molar-refractivity contribution in [2.45, 2.75) is 11.8 Å². The molecule has 1 atom stereocenters. The van der Waals surface area contributed by atoms with Gasteiger partial charge in [0.15, 0.2) is 0 Å². The standard InChI is InChI=1S/C16H17NO2S2/c1-19-14-7-3-2-6-13(14)16-17(15(18)11-21-16)9-8-12-5-4-10-20-12/h2-7,10,16H,8-9,11H2,1H3. The van der Waals surface area contributed by atoms with E-state index in [9.17, 15) is 4.79 Å². The van der Waals surface area contributed by atoms with E-state index in [1.165, 1.54) is 4.88 Å². The molecule has 5 heteroatoms. The lowest BCUT2D eigenvalue weighted by molar-refractivity contribution is -0.128. The Hall–Kier alpha value is -1.46. The van der Waals surface area contributed by atoms with E-state index in [0.717, 1.165) is 24.3 Å². The summed E-state index contributed by atoms with van der Waals surface area (Å²) in [5, 5.41) is 2.14. The Morgan fingerprint density at radius 3 is 2.90 bits per heavy atom. The molecule has 1 aliphatic heterocycles. The quantitative estimate of drug-likeness (QED) is 0.844. The Labute approximate surface area is 132 Å². The summed E-state index contributed by atoms with van der Waals surface area (Å²) in [6, 6.07) is 12.1. The van der Waals surface area contributed by atoms with E-state index in [1.54, 1.807) is 30.2 Å². The highest BCUT2D eigenvalue weighted by Gasteiger charge is 2.34. The number of carbonyl (C=O) groups is 1. The molecule has 2 aromatic rings. The number of thiophene rings is 1. The van der Waals surface area contributed by atoms with Gasteiger partial charge in [-0.3, -0.25) is 4.79 Å². The molecule has 0 saturated carbocycles. The van der Waals surface area contributed by atoms with Gasteiger partial charge in [0.1, 0.15) is 11.1 Å². The van der Waals surface area contributed by atoms with Crippen molar-refractivity contribution in [1.29, 1.82) is 0 Å². The molecule has 1 unspecified atom stereocenters. The van der Waals surface area contributed by atoms with Gasteiger partial charge < -0.3 is 9.64 Å². The van der Waals surface area contributed by atoms with Crippen molar-refractivity contribution < 1.29 is 9.53 Å². The molecule has 1 fully saturated rings. The van der Waals surface area contributed by atoms with E-state index >= 15 is 0 Å². The molecule has 1 aromatic carbocycles. The van der Waals surface area contributed by atoms with E-state index in [2.05, 4.69) is 17.5 Å². The van der Waals surface area contributed by atoms with Crippen molar-refractivity contribution in [3.8, 4) is 5.75 Å². The van der Waals surface area contributed by atoms with Gasteiger partial charge in [-0.05, 0) is 23.9 Å². The van der Waals surface area contributed by atoms with Gasteiger partial charge in [0.2, 0.25) is 5.91 Å². The molecule has 0 bridgehead atoms. The number of hydrogen-bond donors (Lipinski definition) is 0. The molecule has 1 amide bonds. The molecule has 3 rings (SSSR count). The minimum Gasteiger partial charge on any atom is -0.496 e. The fraction of sp³-hybridized carbons (Fsp3) is 0.312. The Kier molecular flexibility index (Phi) is 4.51. The lowest BCUT2D eigenvalue weighted by atomic mass is 10.1. The zero-order valence-corrected chi connectivity index (χ0v) is 13.5. The third-order valence-electron chi connectivity index (χ3n) is 3.55. The number of amides is 1. The third kappa shape index (κ3) is 3.09. The number of rotatable bonds is 5. The van der Waals surface area contributed by atoms with Gasteiger partial charge in [0.05, 0.1) is 12.9 Å². The van der Waals surface area contributed by atoms with Crippen LogP contribution in [0.15, 0.2) is 41.8 Å². The fourth-order valence-corrected chi connectivity index (χ4v) is 4.45. The molecule has 1 aliphatic rings. The van der Waals surface area contributed by atoms with Crippen molar-refractivity contribution >= 4 is 29.0 Å². The summed E-state index contributed by atoms with van der Waals surface area (Å²) in [5.74, 6) is 1.62. The summed E-state index contributed by atoms with van der Waals surface area (Å²) in [6.45, 7) is 0.759. The Bertz CT molecular complexity index is 612. The number of thioether (sulfide) groups is 1. The van der Waals surface area contributed by atoms with Crippen LogP contribution in [0.3, 0.4) is 0 Å². The number of carbonyl (C=O) groups excluding carboxylic acids is 1. The first kappa shape index (κ1) is 14.5. The summed E-state index contributed by atoms with van der Waals surface area (Å²) in [6.07, 6.45) is 0.912. The predicted octanol–water partition coefficient (Wildman–Crippen LogP) is 3.57. The van der Waals surface area contributed by atoms with Crippen LogP contribution in [0.4, 0.5) is 0 Å². The maximum absolute atomic E-state index is 12.2. The van der Waals surface area contributed by atoms with Crippen LogP contribution in [-0.2, 0) is 11.2 Å². The molecule has 110 valence electrons. The monoisotopic (exact) mass is 319 g/mol. The number of benzene rings is 1. The molecular formula is C16H17NO2S2. The van der Waals surface area contributed by atoms with Crippen LogP contribution in [0.5, 0.6) is 5.75 Å². The molecule has 0 N–H and O–H groups in total. The zero-order valence-electron chi connectivity index (χ0n) is 11.8. The minimum absolute atomic E-state index is 0.0635. The van der Waals surface area contributed by atoms with Crippen molar-refractivity contribution in [3.05, 3.63) is 52.2 Å². The number of hydrogen-bond acceptors (Lipinski definition) is 4. The second-order valence-electron chi connectivity index (χ2n) is 4.82. The SMILES string of the molecule is COc1ccccc1C1SCC(=O)N1CCc1cccs1. The van der Waals surface area contributed by atoms with Crippen molar-refractivity contribution in [3.63, 3.8) is 0 Å². The summed E-state index contributed by atoms with van der Waals surface area (Å²) in [5.41, 5.74) is 1.09. The highest BCUT2D eigenvalue weighted by molar-refractivity contribution is 8.00. The van der Waals surface area contributed by atoms with Crippen LogP contribution in [0.2, 0.25) is 0 Å². The average Bonchev–Trinajstić information content (AvgIpc) is 3.15. The molecule has 1 aromatic heterocycles. The molecular weight excluding hydrogens is 302 g/mol. The normalized spacial score (nSPS) is 18.2. The van der Waals surface area contributed by atoms with Crippen LogP contribution < -0.4 is 4.74 Å². The molecule has 21 heavy (non-hydrogen) atoms. The minimum atomic E-state index is 0.0635. The van der Waals surface area contributed by atoms with Crippen LogP contribution >= 0.6 is 23.1 Å². The van der Waals surface area contributed by atoms with Gasteiger partial charge in [-0.25, -0.2) is 0 Å². The van der Waals surface area contributed by atoms with Crippen molar-refractivity contribution in [1.82, 2.24) is 4.90 Å². The largest absolute Gasteiger partial charge is 0.496 e. The summed E-state index contributed by atoms with van der Waals surface area (Å²) >= 11 is 3.42. The van der Waals surface area contributed by atoms with Gasteiger partial charge in [-0.2, -0.15) is 0 Å². The number of ether oxygens (including phenoxy) is 1. The summed E-state index contributed by atoms with van der Waals surface area (Å²) < 4.78 is 5.44. The topological polar surface area (TPSA) is 29.5 Å². The van der Waals surface area contributed by atoms with Crippen molar-refractivity contribution in [2.24, 2.45) is 0 Å². The fourth-order valence-electron chi connectivity index (χ4n) is 2.51.